The lowest BCUT2D eigenvalue weighted by Gasteiger charge is -2.22. The molecule has 0 radical (unpaired) electrons. The van der Waals surface area contributed by atoms with E-state index in [1.54, 1.807) is 0 Å². The molecule has 0 unspecified atom stereocenters. The van der Waals surface area contributed by atoms with Gasteiger partial charge in [0.05, 0.1) is 401 Å². The van der Waals surface area contributed by atoms with Gasteiger partial charge in [0.2, 0.25) is 23.6 Å². The zero-order chi connectivity index (χ0) is 106. The molecule has 872 valence electrons. The Labute approximate surface area is 885 Å². The third-order valence-corrected chi connectivity index (χ3v) is 23.0. The maximum atomic E-state index is 13.4. The van der Waals surface area contributed by atoms with Crippen LogP contribution in [-0.2, 0) is 171 Å². The normalized spacial score (nSPS) is 12.7. The highest BCUT2D eigenvalue weighted by atomic mass is 32.2. The number of unbranched alkanes of at least 4 members (excludes halogenated alkanes) is 22. The van der Waals surface area contributed by atoms with Gasteiger partial charge in [-0.15, -0.1) is 0 Å². The molecule has 0 aliphatic heterocycles. The molecule has 0 heterocycles. The molecule has 147 heavy (non-hydrogen) atoms. The third kappa shape index (κ3) is 114. The highest BCUT2D eigenvalue weighted by Crippen LogP contribution is 2.20. The number of carbonyl (C=O) groups excluding carboxylic acids is 6. The van der Waals surface area contributed by atoms with Crippen LogP contribution in [0.1, 0.15) is 201 Å². The van der Waals surface area contributed by atoms with Crippen molar-refractivity contribution in [2.45, 2.75) is 219 Å². The maximum absolute atomic E-state index is 13.4. The van der Waals surface area contributed by atoms with Crippen LogP contribution in [0, 0.1) is 11.8 Å². The highest BCUT2D eigenvalue weighted by molar-refractivity contribution is 7.99. The molecule has 0 aliphatic carbocycles. The second-order valence-corrected chi connectivity index (χ2v) is 35.7. The van der Waals surface area contributed by atoms with E-state index in [0.717, 1.165) is 44.9 Å². The summed E-state index contributed by atoms with van der Waals surface area (Å²) in [5.74, 6) is -3.03. The minimum Gasteiger partial charge on any atom is -0.461 e. The van der Waals surface area contributed by atoms with Crippen molar-refractivity contribution in [3.63, 3.8) is 0 Å². The predicted molar refractivity (Wildman–Crippen MR) is 558 cm³/mol. The SMILES string of the molecule is CCCCCCCCCCCCCC[C@H](C)C(=O)OC[C@H](CSC[C@H](N)C(=O)N[C@@H](CO)C(=O)NCCOCCOCCOCCOCCOCCOCCOCCOCCOCCOCCOCCOCCOCCOCCOCCOCCOCCOCCOCCOCCOCCOCCOCCOCCOCCOCCOCCOCCC(=O)NCC(N)=O)OC(=O)[C@@H](C)CCCCCCCCCCCCCC. The number of primary amides is 1. The summed E-state index contributed by atoms with van der Waals surface area (Å²) < 4.78 is 167. The first-order valence-electron chi connectivity index (χ1n) is 55.0. The number of hydrogen-bond donors (Lipinski definition) is 6. The van der Waals surface area contributed by atoms with Crippen LogP contribution >= 0.6 is 11.8 Å². The fourth-order valence-electron chi connectivity index (χ4n) is 13.3. The van der Waals surface area contributed by atoms with Crippen molar-refractivity contribution in [2.24, 2.45) is 23.3 Å². The lowest BCUT2D eigenvalue weighted by molar-refractivity contribution is -0.162. The number of hydrogen-bond acceptors (Lipinski definition) is 39. The van der Waals surface area contributed by atoms with Gasteiger partial charge in [0.1, 0.15) is 18.8 Å². The van der Waals surface area contributed by atoms with Gasteiger partial charge in [0.15, 0.2) is 0 Å². The van der Waals surface area contributed by atoms with Crippen LogP contribution in [0.3, 0.4) is 0 Å². The molecular weight excluding hydrogens is 1940 g/mol. The lowest BCUT2D eigenvalue weighted by atomic mass is 10.0. The van der Waals surface area contributed by atoms with Crippen molar-refractivity contribution in [1.29, 1.82) is 0 Å². The summed E-state index contributed by atoms with van der Waals surface area (Å²) in [6, 6.07) is -2.28. The lowest BCUT2D eigenvalue weighted by Crippen LogP contribution is -2.54. The average molecular weight is 2150 g/mol. The summed E-state index contributed by atoms with van der Waals surface area (Å²) in [4.78, 5) is 74.8. The van der Waals surface area contributed by atoms with Gasteiger partial charge in [0.25, 0.3) is 0 Å². The summed E-state index contributed by atoms with van der Waals surface area (Å²) >= 11 is 1.28. The van der Waals surface area contributed by atoms with E-state index in [2.05, 4.69) is 29.8 Å². The second kappa shape index (κ2) is 122. The standard InChI is InChI=1S/C104H203N5O37S/c1-5-7-9-11-13-15-17-19-21-23-25-27-29-94(3)103(115)145-91-96(146-104(116)95(4)30-28-26-24-22-20-18-16-14-12-10-8-6-2)92-147-93-97(105)101(113)109-98(90-110)102(114)107-32-34-118-36-38-120-40-42-122-44-46-124-48-50-126-52-54-128-56-58-130-60-62-132-64-66-134-68-70-136-72-74-138-76-78-140-80-82-142-84-86-144-88-87-143-85-83-141-81-79-139-77-75-137-73-71-135-69-67-133-65-63-131-61-59-129-57-55-127-53-51-125-49-47-123-45-43-121-41-39-119-37-35-117-33-31-100(112)108-89-99(106)111/h94-98,110H,5-93,105H2,1-4H3,(H2,106,111)(H,107,114)(H,108,112)(H,109,113)/t94-,95-,96+,97-,98-/m0/s1. The Morgan fingerprint density at radius 2 is 0.490 bits per heavy atom. The number of thioether (sulfide) groups is 1. The van der Waals surface area contributed by atoms with E-state index in [-0.39, 0.29) is 87.1 Å². The summed E-state index contributed by atoms with van der Waals surface area (Å²) in [6.45, 7) is 31.7. The van der Waals surface area contributed by atoms with Gasteiger partial charge in [-0.3, -0.25) is 28.8 Å². The maximum Gasteiger partial charge on any atom is 0.309 e. The summed E-state index contributed by atoms with van der Waals surface area (Å²) in [7, 11) is 0. The molecule has 5 atom stereocenters. The minimum absolute atomic E-state index is 0.103. The van der Waals surface area contributed by atoms with Crippen molar-refractivity contribution in [3.8, 4) is 0 Å². The predicted octanol–water partition coefficient (Wildman–Crippen LogP) is 8.01. The Balaban J connectivity index is 3.59. The number of aliphatic hydroxyl groups is 1. The van der Waals surface area contributed by atoms with E-state index in [1.165, 1.54) is 127 Å². The van der Waals surface area contributed by atoms with Crippen molar-refractivity contribution in [3.05, 3.63) is 0 Å². The van der Waals surface area contributed by atoms with Crippen LogP contribution in [0.5, 0.6) is 0 Å². The van der Waals surface area contributed by atoms with Crippen molar-refractivity contribution < 1.29 is 176 Å². The number of amides is 4. The number of nitrogens with two attached hydrogens (primary N) is 2. The second-order valence-electron chi connectivity index (χ2n) is 34.7. The topological polar surface area (TPSA) is 488 Å². The quantitative estimate of drug-likeness (QED) is 0.0248. The largest absolute Gasteiger partial charge is 0.461 e. The number of rotatable bonds is 128. The van der Waals surface area contributed by atoms with Crippen molar-refractivity contribution in [2.75, 3.05) is 408 Å². The molecule has 0 aromatic heterocycles. The molecule has 0 fully saturated rings. The smallest absolute Gasteiger partial charge is 0.309 e. The fraction of sp³-hybridized carbons (Fsp3) is 0.942. The zero-order valence-electron chi connectivity index (χ0n) is 91.0. The number of carbonyl (C=O) groups is 6. The monoisotopic (exact) mass is 2150 g/mol. The Morgan fingerprint density at radius 3 is 0.721 bits per heavy atom. The molecule has 0 saturated carbocycles. The van der Waals surface area contributed by atoms with Crippen molar-refractivity contribution >= 4 is 47.3 Å². The van der Waals surface area contributed by atoms with Crippen molar-refractivity contribution in [1.82, 2.24) is 16.0 Å². The van der Waals surface area contributed by atoms with E-state index in [4.69, 9.17) is 154 Å². The Bertz CT molecular complexity index is 2720. The summed E-state index contributed by atoms with van der Waals surface area (Å²) in [5.41, 5.74) is 11.3. The van der Waals surface area contributed by atoms with Gasteiger partial charge in [-0.1, -0.05) is 182 Å². The Kier molecular flexibility index (Phi) is 119. The van der Waals surface area contributed by atoms with Crippen LogP contribution < -0.4 is 27.4 Å². The summed E-state index contributed by atoms with van der Waals surface area (Å²) in [5, 5.41) is 17.6. The zero-order valence-corrected chi connectivity index (χ0v) is 91.8. The van der Waals surface area contributed by atoms with Gasteiger partial charge in [-0.05, 0) is 12.8 Å². The Hall–Kier alpha value is -4.03. The van der Waals surface area contributed by atoms with Crippen LogP contribution in [-0.4, -0.2) is 467 Å². The molecule has 0 saturated heterocycles. The molecule has 4 amide bonds. The molecule has 0 bridgehead atoms. The molecule has 8 N–H and O–H groups in total. The average Bonchev–Trinajstić information content (AvgIpc) is 0.903. The van der Waals surface area contributed by atoms with Gasteiger partial charge < -0.3 is 175 Å². The number of aliphatic hydroxyl groups excluding tert-OH is 1. The molecule has 0 rings (SSSR count). The van der Waals surface area contributed by atoms with Gasteiger partial charge in [-0.2, -0.15) is 11.8 Å². The highest BCUT2D eigenvalue weighted by Gasteiger charge is 2.27. The van der Waals surface area contributed by atoms with Crippen LogP contribution in [0.2, 0.25) is 0 Å². The van der Waals surface area contributed by atoms with Crippen LogP contribution in [0.25, 0.3) is 0 Å². The molecule has 0 spiro atoms. The molecule has 0 aliphatic rings. The molecule has 42 nitrogen and oxygen atoms in total. The Morgan fingerprint density at radius 1 is 0.272 bits per heavy atom. The van der Waals surface area contributed by atoms with Crippen LogP contribution in [0.4, 0.5) is 0 Å². The minimum atomic E-state index is -1.23. The first kappa shape index (κ1) is 143. The molecule has 43 heteroatoms. The fourth-order valence-corrected chi connectivity index (χ4v) is 14.2. The number of esters is 2. The first-order valence-corrected chi connectivity index (χ1v) is 56.1. The van der Waals surface area contributed by atoms with E-state index in [1.807, 2.05) is 13.8 Å². The summed E-state index contributed by atoms with van der Waals surface area (Å²) in [6.07, 6.45) is 30.6. The van der Waals surface area contributed by atoms with E-state index in [0.29, 0.717) is 357 Å². The third-order valence-electron chi connectivity index (χ3n) is 21.8. The first-order chi connectivity index (χ1) is 72.4. The van der Waals surface area contributed by atoms with E-state index in [9.17, 15) is 33.9 Å². The molecule has 0 aromatic rings. The van der Waals surface area contributed by atoms with Gasteiger partial charge in [-0.25, -0.2) is 0 Å². The van der Waals surface area contributed by atoms with E-state index < -0.39 is 42.5 Å². The van der Waals surface area contributed by atoms with Gasteiger partial charge >= 0.3 is 11.9 Å². The number of nitrogens with one attached hydrogen (secondary N) is 3. The number of ether oxygens (including phenoxy) is 30. The van der Waals surface area contributed by atoms with Crippen LogP contribution in [0.15, 0.2) is 0 Å². The van der Waals surface area contributed by atoms with E-state index >= 15 is 0 Å². The molecular formula is C104H203N5O37S. The van der Waals surface area contributed by atoms with Gasteiger partial charge in [0, 0.05) is 24.5 Å². The molecule has 0 aromatic carbocycles.